The third kappa shape index (κ3) is 4.88. The molecule has 0 aliphatic rings. The Hall–Kier alpha value is -3.81. The fourth-order valence-electron chi connectivity index (χ4n) is 2.21. The monoisotopic (exact) mass is 384 g/mol. The van der Waals surface area contributed by atoms with E-state index in [0.29, 0.717) is 11.8 Å². The molecule has 1 N–H and O–H groups in total. The van der Waals surface area contributed by atoms with Gasteiger partial charge in [0, 0.05) is 12.3 Å². The Morgan fingerprint density at radius 1 is 1.00 bits per heavy atom. The Morgan fingerprint density at radius 2 is 1.79 bits per heavy atom. The van der Waals surface area contributed by atoms with Crippen LogP contribution in [0.5, 0.6) is 11.6 Å². The minimum atomic E-state index is -0.939. The highest BCUT2D eigenvalue weighted by atomic mass is 19.1. The Kier molecular flexibility index (Phi) is 5.91. The fraction of sp³-hybridized carbons (Fsp3) is 0.0500. The van der Waals surface area contributed by atoms with Crippen molar-refractivity contribution < 1.29 is 27.8 Å². The largest absolute Gasteiger partial charge is 0.452 e. The Morgan fingerprint density at radius 3 is 2.54 bits per heavy atom. The quantitative estimate of drug-likeness (QED) is 0.651. The van der Waals surface area contributed by atoms with Gasteiger partial charge in [0.25, 0.3) is 5.91 Å². The molecule has 142 valence electrons. The lowest BCUT2D eigenvalue weighted by atomic mass is 10.2. The highest BCUT2D eigenvalue weighted by molar-refractivity contribution is 5.96. The van der Waals surface area contributed by atoms with Crippen molar-refractivity contribution in [1.29, 1.82) is 0 Å². The molecule has 1 amide bonds. The number of carbonyl (C=O) groups is 2. The van der Waals surface area contributed by atoms with E-state index in [0.717, 1.165) is 12.1 Å². The van der Waals surface area contributed by atoms with Crippen molar-refractivity contribution in [3.05, 3.63) is 84.1 Å². The molecule has 1 heterocycles. The number of hydrogen-bond acceptors (Lipinski definition) is 5. The van der Waals surface area contributed by atoms with Crippen molar-refractivity contribution in [3.8, 4) is 11.6 Å². The van der Waals surface area contributed by atoms with Gasteiger partial charge in [-0.3, -0.25) is 4.79 Å². The first-order chi connectivity index (χ1) is 13.5. The summed E-state index contributed by atoms with van der Waals surface area (Å²) in [5.74, 6) is -2.85. The van der Waals surface area contributed by atoms with E-state index in [1.54, 1.807) is 24.3 Å². The number of esters is 1. The summed E-state index contributed by atoms with van der Waals surface area (Å²) in [4.78, 5) is 28.1. The minimum Gasteiger partial charge on any atom is -0.452 e. The molecule has 0 radical (unpaired) electrons. The summed E-state index contributed by atoms with van der Waals surface area (Å²) < 4.78 is 36.9. The molecule has 0 saturated heterocycles. The maximum absolute atomic E-state index is 13.5. The summed E-state index contributed by atoms with van der Waals surface area (Å²) in [6.45, 7) is -0.671. The van der Waals surface area contributed by atoms with Gasteiger partial charge >= 0.3 is 5.97 Å². The van der Waals surface area contributed by atoms with Gasteiger partial charge in [0.05, 0.1) is 5.69 Å². The lowest BCUT2D eigenvalue weighted by Crippen LogP contribution is -2.21. The van der Waals surface area contributed by atoms with Crippen LogP contribution in [0, 0.1) is 11.6 Å². The van der Waals surface area contributed by atoms with Crippen LogP contribution in [0.3, 0.4) is 0 Å². The number of pyridine rings is 1. The number of carbonyl (C=O) groups excluding carboxylic acids is 2. The molecule has 3 rings (SSSR count). The predicted molar refractivity (Wildman–Crippen MR) is 96.0 cm³/mol. The molecule has 0 aliphatic carbocycles. The Labute approximate surface area is 158 Å². The predicted octanol–water partition coefficient (Wildman–Crippen LogP) is 3.95. The van der Waals surface area contributed by atoms with E-state index in [9.17, 15) is 18.4 Å². The number of rotatable bonds is 6. The van der Waals surface area contributed by atoms with Crippen LogP contribution < -0.4 is 10.1 Å². The number of para-hydroxylation sites is 1. The normalized spacial score (nSPS) is 10.2. The summed E-state index contributed by atoms with van der Waals surface area (Å²) in [6, 6.07) is 14.3. The molecule has 0 fully saturated rings. The maximum atomic E-state index is 13.5. The average Bonchev–Trinajstić information content (AvgIpc) is 2.69. The molecular weight excluding hydrogens is 370 g/mol. The summed E-state index contributed by atoms with van der Waals surface area (Å²) in [7, 11) is 0. The van der Waals surface area contributed by atoms with Crippen LogP contribution in [-0.2, 0) is 9.53 Å². The zero-order valence-corrected chi connectivity index (χ0v) is 14.4. The first kappa shape index (κ1) is 19.0. The molecule has 3 aromatic rings. The molecule has 0 atom stereocenters. The van der Waals surface area contributed by atoms with E-state index >= 15 is 0 Å². The second kappa shape index (κ2) is 8.72. The molecule has 0 saturated carbocycles. The van der Waals surface area contributed by atoms with E-state index in [4.69, 9.17) is 9.47 Å². The maximum Gasteiger partial charge on any atom is 0.344 e. The summed E-state index contributed by atoms with van der Waals surface area (Å²) in [5, 5.41) is 2.19. The third-order valence-corrected chi connectivity index (χ3v) is 3.49. The van der Waals surface area contributed by atoms with E-state index in [-0.39, 0.29) is 17.1 Å². The van der Waals surface area contributed by atoms with Gasteiger partial charge in [-0.25, -0.2) is 18.6 Å². The SMILES string of the molecule is O=C(COC(=O)c1cccnc1Oc1ccccc1)Nc1ccc(F)cc1F. The van der Waals surface area contributed by atoms with Crippen LogP contribution in [0.2, 0.25) is 0 Å². The van der Waals surface area contributed by atoms with Crippen LogP contribution in [0.15, 0.2) is 66.9 Å². The Balaban J connectivity index is 1.62. The topological polar surface area (TPSA) is 77.5 Å². The number of anilines is 1. The van der Waals surface area contributed by atoms with Gasteiger partial charge in [-0.15, -0.1) is 0 Å². The third-order valence-electron chi connectivity index (χ3n) is 3.49. The number of halogens is 2. The number of benzene rings is 2. The van der Waals surface area contributed by atoms with E-state index < -0.39 is 30.1 Å². The van der Waals surface area contributed by atoms with Gasteiger partial charge in [-0.05, 0) is 36.4 Å². The lowest BCUT2D eigenvalue weighted by Gasteiger charge is -2.10. The molecule has 2 aromatic carbocycles. The molecule has 0 bridgehead atoms. The van der Waals surface area contributed by atoms with Crippen molar-refractivity contribution in [3.63, 3.8) is 0 Å². The zero-order valence-electron chi connectivity index (χ0n) is 14.4. The summed E-state index contributed by atoms with van der Waals surface area (Å²) >= 11 is 0. The van der Waals surface area contributed by atoms with Crippen molar-refractivity contribution in [1.82, 2.24) is 4.98 Å². The van der Waals surface area contributed by atoms with Gasteiger partial charge in [-0.1, -0.05) is 18.2 Å². The molecule has 6 nitrogen and oxygen atoms in total. The number of amides is 1. The molecule has 28 heavy (non-hydrogen) atoms. The van der Waals surface area contributed by atoms with E-state index in [1.165, 1.54) is 18.3 Å². The summed E-state index contributed by atoms with van der Waals surface area (Å²) in [5.41, 5.74) is -0.205. The van der Waals surface area contributed by atoms with Crippen molar-refractivity contribution in [2.45, 2.75) is 0 Å². The van der Waals surface area contributed by atoms with Crippen LogP contribution >= 0.6 is 0 Å². The average molecular weight is 384 g/mol. The molecule has 0 spiro atoms. The molecule has 0 unspecified atom stereocenters. The lowest BCUT2D eigenvalue weighted by molar-refractivity contribution is -0.119. The summed E-state index contributed by atoms with van der Waals surface area (Å²) in [6.07, 6.45) is 1.44. The van der Waals surface area contributed by atoms with Crippen molar-refractivity contribution in [2.75, 3.05) is 11.9 Å². The fourth-order valence-corrected chi connectivity index (χ4v) is 2.21. The second-order valence-electron chi connectivity index (χ2n) is 5.52. The highest BCUT2D eigenvalue weighted by Gasteiger charge is 2.17. The molecule has 8 heteroatoms. The van der Waals surface area contributed by atoms with E-state index in [2.05, 4.69) is 10.3 Å². The van der Waals surface area contributed by atoms with Crippen LogP contribution in [0.4, 0.5) is 14.5 Å². The standard InChI is InChI=1S/C20H14F2N2O4/c21-13-8-9-17(16(22)11-13)24-18(25)12-27-20(26)15-7-4-10-23-19(15)28-14-5-2-1-3-6-14/h1-11H,12H2,(H,24,25). The first-order valence-electron chi connectivity index (χ1n) is 8.13. The number of nitrogens with one attached hydrogen (secondary N) is 1. The number of hydrogen-bond donors (Lipinski definition) is 1. The van der Waals surface area contributed by atoms with Gasteiger partial charge in [0.1, 0.15) is 22.9 Å². The van der Waals surface area contributed by atoms with Crippen LogP contribution in [0.25, 0.3) is 0 Å². The van der Waals surface area contributed by atoms with Gasteiger partial charge in [0.15, 0.2) is 6.61 Å². The number of nitrogens with zero attached hydrogens (tertiary/aromatic N) is 1. The second-order valence-corrected chi connectivity index (χ2v) is 5.52. The van der Waals surface area contributed by atoms with Crippen LogP contribution in [-0.4, -0.2) is 23.5 Å². The van der Waals surface area contributed by atoms with Gasteiger partial charge < -0.3 is 14.8 Å². The number of ether oxygens (including phenoxy) is 2. The van der Waals surface area contributed by atoms with Gasteiger partial charge in [0.2, 0.25) is 5.88 Å². The smallest absolute Gasteiger partial charge is 0.344 e. The minimum absolute atomic E-state index is 0.0173. The molecular formula is C20H14F2N2O4. The first-order valence-corrected chi connectivity index (χ1v) is 8.13. The zero-order chi connectivity index (χ0) is 19.9. The Bertz CT molecular complexity index is 997. The van der Waals surface area contributed by atoms with E-state index in [1.807, 2.05) is 6.07 Å². The van der Waals surface area contributed by atoms with Crippen molar-refractivity contribution in [2.24, 2.45) is 0 Å². The molecule has 1 aromatic heterocycles. The molecule has 0 aliphatic heterocycles. The van der Waals surface area contributed by atoms with Crippen molar-refractivity contribution >= 4 is 17.6 Å². The highest BCUT2D eigenvalue weighted by Crippen LogP contribution is 2.23. The van der Waals surface area contributed by atoms with Crippen LogP contribution in [0.1, 0.15) is 10.4 Å². The number of aromatic nitrogens is 1. The van der Waals surface area contributed by atoms with Gasteiger partial charge in [-0.2, -0.15) is 0 Å².